The zero-order chi connectivity index (χ0) is 18.0. The number of hydrogen-bond acceptors (Lipinski definition) is 3. The van der Waals surface area contributed by atoms with Crippen molar-refractivity contribution in [2.24, 2.45) is 0 Å². The third-order valence-corrected chi connectivity index (χ3v) is 7.40. The SMILES string of the molecule is O=C(c1ccc(I)cc1)N1CCC(S(=O)(=O)c2ccc(F)cc2)CC1. The molecule has 1 aliphatic rings. The Labute approximate surface area is 160 Å². The molecule has 1 saturated heterocycles. The van der Waals surface area contributed by atoms with Gasteiger partial charge in [-0.05, 0) is 84.0 Å². The first-order chi connectivity index (χ1) is 11.9. The molecule has 0 spiro atoms. The van der Waals surface area contributed by atoms with Crippen LogP contribution in [0.15, 0.2) is 53.4 Å². The molecule has 2 aromatic rings. The molecule has 1 aliphatic heterocycles. The molecule has 0 N–H and O–H groups in total. The van der Waals surface area contributed by atoms with Crippen LogP contribution in [0.1, 0.15) is 23.2 Å². The molecule has 0 aliphatic carbocycles. The van der Waals surface area contributed by atoms with E-state index in [9.17, 15) is 17.6 Å². The van der Waals surface area contributed by atoms with Crippen molar-refractivity contribution < 1.29 is 17.6 Å². The van der Waals surface area contributed by atoms with Crippen molar-refractivity contribution in [3.8, 4) is 0 Å². The number of hydrogen-bond donors (Lipinski definition) is 0. The van der Waals surface area contributed by atoms with Crippen molar-refractivity contribution in [3.63, 3.8) is 0 Å². The largest absolute Gasteiger partial charge is 0.339 e. The second kappa shape index (κ2) is 7.41. The highest BCUT2D eigenvalue weighted by atomic mass is 127. The molecule has 25 heavy (non-hydrogen) atoms. The molecular formula is C18H17FINO3S. The van der Waals surface area contributed by atoms with Crippen molar-refractivity contribution in [1.29, 1.82) is 0 Å². The summed E-state index contributed by atoms with van der Waals surface area (Å²) >= 11 is 2.18. The van der Waals surface area contributed by atoms with Crippen molar-refractivity contribution in [2.45, 2.75) is 23.0 Å². The van der Waals surface area contributed by atoms with Crippen molar-refractivity contribution >= 4 is 38.3 Å². The summed E-state index contributed by atoms with van der Waals surface area (Å²) in [5.74, 6) is -0.536. The Kier molecular flexibility index (Phi) is 5.43. The zero-order valence-electron chi connectivity index (χ0n) is 13.4. The van der Waals surface area contributed by atoms with Gasteiger partial charge in [-0.3, -0.25) is 4.79 Å². The molecule has 0 radical (unpaired) electrons. The normalized spacial score (nSPS) is 16.0. The third-order valence-electron chi connectivity index (χ3n) is 4.40. The fourth-order valence-corrected chi connectivity index (χ4v) is 5.05. The van der Waals surface area contributed by atoms with E-state index >= 15 is 0 Å². The minimum Gasteiger partial charge on any atom is -0.339 e. The second-order valence-corrected chi connectivity index (χ2v) is 9.47. The highest BCUT2D eigenvalue weighted by Gasteiger charge is 2.32. The Hall–Kier alpha value is -1.48. The lowest BCUT2D eigenvalue weighted by molar-refractivity contribution is 0.0725. The van der Waals surface area contributed by atoms with Gasteiger partial charge in [0.2, 0.25) is 0 Å². The van der Waals surface area contributed by atoms with Gasteiger partial charge >= 0.3 is 0 Å². The van der Waals surface area contributed by atoms with Crippen LogP contribution < -0.4 is 0 Å². The first kappa shape index (κ1) is 18.3. The molecular weight excluding hydrogens is 456 g/mol. The lowest BCUT2D eigenvalue weighted by atomic mass is 10.1. The van der Waals surface area contributed by atoms with Crippen LogP contribution in [0.3, 0.4) is 0 Å². The molecule has 4 nitrogen and oxygen atoms in total. The van der Waals surface area contributed by atoms with Crippen molar-refractivity contribution in [2.75, 3.05) is 13.1 Å². The molecule has 0 atom stereocenters. The standard InChI is InChI=1S/C18H17FINO3S/c19-14-3-7-16(8-4-14)25(23,24)17-9-11-21(12-10-17)18(22)13-1-5-15(20)6-2-13/h1-8,17H,9-12H2. The summed E-state index contributed by atoms with van der Waals surface area (Å²) in [6.07, 6.45) is 0.769. The monoisotopic (exact) mass is 473 g/mol. The smallest absolute Gasteiger partial charge is 0.253 e. The van der Waals surface area contributed by atoms with Gasteiger partial charge in [-0.25, -0.2) is 12.8 Å². The Morgan fingerprint density at radius 2 is 1.56 bits per heavy atom. The summed E-state index contributed by atoms with van der Waals surface area (Å²) in [6.45, 7) is 0.797. The minimum atomic E-state index is -3.50. The van der Waals surface area contributed by atoms with Gasteiger partial charge in [-0.1, -0.05) is 0 Å². The number of carbonyl (C=O) groups excluding carboxylic acids is 1. The summed E-state index contributed by atoms with van der Waals surface area (Å²) in [7, 11) is -3.50. The molecule has 2 aromatic carbocycles. The number of rotatable bonds is 3. The molecule has 0 aromatic heterocycles. The van der Waals surface area contributed by atoms with E-state index in [0.717, 1.165) is 15.7 Å². The van der Waals surface area contributed by atoms with Gasteiger partial charge in [0.05, 0.1) is 10.1 Å². The van der Waals surface area contributed by atoms with E-state index in [1.807, 2.05) is 12.1 Å². The molecule has 0 saturated carbocycles. The highest BCUT2D eigenvalue weighted by molar-refractivity contribution is 14.1. The number of carbonyl (C=O) groups is 1. The second-order valence-electron chi connectivity index (χ2n) is 6.00. The summed E-state index contributed by atoms with van der Waals surface area (Å²) in [6, 6.07) is 12.2. The van der Waals surface area contributed by atoms with E-state index in [1.54, 1.807) is 17.0 Å². The highest BCUT2D eigenvalue weighted by Crippen LogP contribution is 2.25. The van der Waals surface area contributed by atoms with Crippen LogP contribution in [-0.4, -0.2) is 37.6 Å². The molecule has 7 heteroatoms. The number of sulfone groups is 1. The number of likely N-dealkylation sites (tertiary alicyclic amines) is 1. The number of nitrogens with zero attached hydrogens (tertiary/aromatic N) is 1. The van der Waals surface area contributed by atoms with Crippen molar-refractivity contribution in [3.05, 3.63) is 63.5 Å². The number of halogens is 2. The maximum Gasteiger partial charge on any atom is 0.253 e. The topological polar surface area (TPSA) is 54.5 Å². The van der Waals surface area contributed by atoms with Crippen molar-refractivity contribution in [1.82, 2.24) is 4.90 Å². The molecule has 0 unspecified atom stereocenters. The lowest BCUT2D eigenvalue weighted by Crippen LogP contribution is -2.42. The predicted octanol–water partition coefficient (Wildman–Crippen LogP) is 3.51. The quantitative estimate of drug-likeness (QED) is 0.507. The van der Waals surface area contributed by atoms with Crippen LogP contribution in [0.25, 0.3) is 0 Å². The van der Waals surface area contributed by atoms with Crippen LogP contribution in [0.2, 0.25) is 0 Å². The fraction of sp³-hybridized carbons (Fsp3) is 0.278. The van der Waals surface area contributed by atoms with Crippen LogP contribution in [0, 0.1) is 9.39 Å². The maximum atomic E-state index is 13.0. The molecule has 1 amide bonds. The summed E-state index contributed by atoms with van der Waals surface area (Å²) in [5.41, 5.74) is 0.611. The van der Waals surface area contributed by atoms with Crippen LogP contribution in [-0.2, 0) is 9.84 Å². The summed E-state index contributed by atoms with van der Waals surface area (Å²) in [4.78, 5) is 14.3. The number of piperidine rings is 1. The molecule has 1 heterocycles. The first-order valence-corrected chi connectivity index (χ1v) is 10.5. The van der Waals surface area contributed by atoms with E-state index < -0.39 is 20.9 Å². The Morgan fingerprint density at radius 1 is 1.00 bits per heavy atom. The van der Waals surface area contributed by atoms with Gasteiger partial charge in [-0.2, -0.15) is 0 Å². The van der Waals surface area contributed by atoms with Crippen LogP contribution in [0.4, 0.5) is 4.39 Å². The zero-order valence-corrected chi connectivity index (χ0v) is 16.3. The van der Waals surface area contributed by atoms with Gasteiger partial charge in [0.15, 0.2) is 9.84 Å². The molecule has 132 valence electrons. The van der Waals surface area contributed by atoms with Gasteiger partial charge in [0.25, 0.3) is 5.91 Å². The fourth-order valence-electron chi connectivity index (χ4n) is 2.96. The lowest BCUT2D eigenvalue weighted by Gasteiger charge is -2.31. The number of amides is 1. The van der Waals surface area contributed by atoms with Crippen LogP contribution in [0.5, 0.6) is 0 Å². The van der Waals surface area contributed by atoms with Gasteiger partial charge in [0.1, 0.15) is 5.82 Å². The maximum absolute atomic E-state index is 13.0. The Bertz CT molecular complexity index is 858. The van der Waals surface area contributed by atoms with Gasteiger partial charge < -0.3 is 4.90 Å². The molecule has 0 bridgehead atoms. The minimum absolute atomic E-state index is 0.0750. The average molecular weight is 473 g/mol. The number of benzene rings is 2. The Balaban J connectivity index is 1.68. The van der Waals surface area contributed by atoms with Crippen LogP contribution >= 0.6 is 22.6 Å². The van der Waals surface area contributed by atoms with Gasteiger partial charge in [-0.15, -0.1) is 0 Å². The Morgan fingerprint density at radius 3 is 2.12 bits per heavy atom. The summed E-state index contributed by atoms with van der Waals surface area (Å²) in [5, 5.41) is -0.543. The third kappa shape index (κ3) is 4.03. The van der Waals surface area contributed by atoms with Gasteiger partial charge in [0, 0.05) is 22.2 Å². The predicted molar refractivity (Wildman–Crippen MR) is 102 cm³/mol. The summed E-state index contributed by atoms with van der Waals surface area (Å²) < 4.78 is 39.4. The van der Waals surface area contributed by atoms with E-state index in [1.165, 1.54) is 12.1 Å². The first-order valence-electron chi connectivity index (χ1n) is 7.92. The molecule has 3 rings (SSSR count). The van der Waals surface area contributed by atoms with E-state index in [4.69, 9.17) is 0 Å². The van der Waals surface area contributed by atoms with E-state index in [0.29, 0.717) is 31.5 Å². The molecule has 1 fully saturated rings. The average Bonchev–Trinajstić information content (AvgIpc) is 2.62. The van der Waals surface area contributed by atoms with E-state index in [2.05, 4.69) is 22.6 Å². The van der Waals surface area contributed by atoms with E-state index in [-0.39, 0.29) is 10.8 Å².